The van der Waals surface area contributed by atoms with E-state index in [1.165, 1.54) is 24.3 Å². The van der Waals surface area contributed by atoms with Gasteiger partial charge in [-0.3, -0.25) is 9.59 Å². The van der Waals surface area contributed by atoms with Gasteiger partial charge < -0.3 is 0 Å². The lowest BCUT2D eigenvalue weighted by Gasteiger charge is -2.08. The number of nitriles is 4. The van der Waals surface area contributed by atoms with Crippen LogP contribution in [0.1, 0.15) is 0 Å². The van der Waals surface area contributed by atoms with Crippen molar-refractivity contribution in [3.63, 3.8) is 0 Å². The Morgan fingerprint density at radius 3 is 0.875 bits per heavy atom. The van der Waals surface area contributed by atoms with Crippen LogP contribution in [0, 0.1) is 45.3 Å². The molecule has 0 aromatic heterocycles. The van der Waals surface area contributed by atoms with Gasteiger partial charge in [-0.15, -0.1) is 0 Å². The van der Waals surface area contributed by atoms with E-state index in [4.69, 9.17) is 21.0 Å². The van der Waals surface area contributed by atoms with Gasteiger partial charge in [0.1, 0.15) is 46.6 Å². The summed E-state index contributed by atoms with van der Waals surface area (Å²) in [6, 6.07) is 5.54. The highest BCUT2D eigenvalue weighted by Gasteiger charge is 2.35. The van der Waals surface area contributed by atoms with Gasteiger partial charge >= 0.3 is 0 Å². The lowest BCUT2D eigenvalue weighted by molar-refractivity contribution is -0.115. The first-order chi connectivity index (χ1) is 7.62. The van der Waals surface area contributed by atoms with E-state index in [1.807, 2.05) is 0 Å². The number of carbonyl (C=O) groups excluding carboxylic acids is 2. The molecule has 0 fully saturated rings. The van der Waals surface area contributed by atoms with Crippen LogP contribution in [0.15, 0.2) is 22.3 Å². The van der Waals surface area contributed by atoms with Gasteiger partial charge in [0.2, 0.25) is 11.6 Å². The first-order valence-corrected chi connectivity index (χ1v) is 3.80. The SMILES string of the molecule is N#CC1=C(C#N)C(=O)C(C#N)=C(C#N)C1=O. The minimum atomic E-state index is -1.06. The van der Waals surface area contributed by atoms with Crippen LogP contribution in [0.3, 0.4) is 0 Å². The number of allylic oxidation sites excluding steroid dienone is 4. The summed E-state index contributed by atoms with van der Waals surface area (Å²) in [6.45, 7) is 0. The molecule has 0 saturated carbocycles. The second kappa shape index (κ2) is 3.88. The average Bonchev–Trinajstić information content (AvgIpc) is 2.30. The van der Waals surface area contributed by atoms with Gasteiger partial charge in [-0.25, -0.2) is 0 Å². The zero-order valence-corrected chi connectivity index (χ0v) is 7.61. The van der Waals surface area contributed by atoms with Gasteiger partial charge in [0.15, 0.2) is 0 Å². The van der Waals surface area contributed by atoms with Crippen LogP contribution >= 0.6 is 0 Å². The van der Waals surface area contributed by atoms with Gasteiger partial charge in [0.05, 0.1) is 0 Å². The first-order valence-electron chi connectivity index (χ1n) is 3.80. The van der Waals surface area contributed by atoms with E-state index in [-0.39, 0.29) is 0 Å². The van der Waals surface area contributed by atoms with Crippen LogP contribution in [-0.2, 0) is 9.59 Å². The number of nitrogens with zero attached hydrogens (tertiary/aromatic N) is 4. The van der Waals surface area contributed by atoms with Gasteiger partial charge in [-0.05, 0) is 0 Å². The van der Waals surface area contributed by atoms with E-state index in [0.717, 1.165) is 0 Å². The van der Waals surface area contributed by atoms with Gasteiger partial charge in [0, 0.05) is 0 Å². The number of hydrogen-bond donors (Lipinski definition) is 0. The highest BCUT2D eigenvalue weighted by atomic mass is 16.1. The van der Waals surface area contributed by atoms with Gasteiger partial charge in [-0.1, -0.05) is 0 Å². The molecule has 0 saturated heterocycles. The first kappa shape index (κ1) is 10.9. The van der Waals surface area contributed by atoms with Crippen molar-refractivity contribution in [1.82, 2.24) is 0 Å². The molecule has 1 rings (SSSR count). The van der Waals surface area contributed by atoms with E-state index in [1.54, 1.807) is 0 Å². The maximum Gasteiger partial charge on any atom is 0.217 e. The molecule has 0 aliphatic heterocycles. The average molecular weight is 208 g/mol. The molecule has 16 heavy (non-hydrogen) atoms. The molecular weight excluding hydrogens is 208 g/mol. The van der Waals surface area contributed by atoms with Crippen molar-refractivity contribution in [2.75, 3.05) is 0 Å². The number of hydrogen-bond acceptors (Lipinski definition) is 6. The molecule has 6 nitrogen and oxygen atoms in total. The molecule has 0 N–H and O–H groups in total. The Balaban J connectivity index is 3.67. The Morgan fingerprint density at radius 1 is 0.562 bits per heavy atom. The van der Waals surface area contributed by atoms with E-state index >= 15 is 0 Å². The molecule has 0 heterocycles. The third-order valence-corrected chi connectivity index (χ3v) is 1.86. The molecule has 1 aliphatic carbocycles. The summed E-state index contributed by atoms with van der Waals surface area (Å²) in [5, 5.41) is 34.4. The zero-order valence-electron chi connectivity index (χ0n) is 7.61. The summed E-state index contributed by atoms with van der Waals surface area (Å²) in [5.74, 6) is -2.12. The van der Waals surface area contributed by atoms with Crippen LogP contribution in [0.25, 0.3) is 0 Å². The fraction of sp³-hybridized carbons (Fsp3) is 0. The molecule has 0 radical (unpaired) electrons. The Morgan fingerprint density at radius 2 is 0.750 bits per heavy atom. The maximum absolute atomic E-state index is 11.5. The van der Waals surface area contributed by atoms with Crippen LogP contribution in [0.4, 0.5) is 0 Å². The standard InChI is InChI=1S/C10N4O2/c11-1-5-6(2-12)10(16)8(4-14)7(3-13)9(5)15. The number of Topliss-reactive ketones (excluding diaryl/α,β-unsaturated/α-hetero) is 2. The van der Waals surface area contributed by atoms with E-state index in [9.17, 15) is 9.59 Å². The van der Waals surface area contributed by atoms with Crippen molar-refractivity contribution in [3.8, 4) is 24.3 Å². The monoisotopic (exact) mass is 208 g/mol. The van der Waals surface area contributed by atoms with Crippen molar-refractivity contribution in [2.45, 2.75) is 0 Å². The zero-order chi connectivity index (χ0) is 12.3. The highest BCUT2D eigenvalue weighted by Crippen LogP contribution is 2.23. The second-order valence-electron chi connectivity index (χ2n) is 2.61. The maximum atomic E-state index is 11.5. The van der Waals surface area contributed by atoms with E-state index < -0.39 is 33.9 Å². The fourth-order valence-corrected chi connectivity index (χ4v) is 1.13. The fourth-order valence-electron chi connectivity index (χ4n) is 1.13. The van der Waals surface area contributed by atoms with Crippen molar-refractivity contribution in [2.24, 2.45) is 0 Å². The molecule has 6 heteroatoms. The van der Waals surface area contributed by atoms with Crippen molar-refractivity contribution in [3.05, 3.63) is 22.3 Å². The van der Waals surface area contributed by atoms with Crippen LogP contribution in [0.5, 0.6) is 0 Å². The Labute approximate surface area is 89.5 Å². The van der Waals surface area contributed by atoms with Crippen LogP contribution in [-0.4, -0.2) is 11.6 Å². The molecule has 1 aliphatic rings. The quantitative estimate of drug-likeness (QED) is 0.507. The largest absolute Gasteiger partial charge is 0.287 e. The molecule has 0 spiro atoms. The lowest BCUT2D eigenvalue weighted by Crippen LogP contribution is -2.21. The summed E-state index contributed by atoms with van der Waals surface area (Å²) in [5.41, 5.74) is -2.77. The topological polar surface area (TPSA) is 129 Å². The summed E-state index contributed by atoms with van der Waals surface area (Å²) >= 11 is 0. The minimum Gasteiger partial charge on any atom is -0.287 e. The predicted molar refractivity (Wildman–Crippen MR) is 46.5 cm³/mol. The van der Waals surface area contributed by atoms with Crippen LogP contribution < -0.4 is 0 Å². The third-order valence-electron chi connectivity index (χ3n) is 1.86. The molecule has 0 amide bonds. The predicted octanol–water partition coefficient (Wildman–Crippen LogP) is -0.174. The number of ketones is 2. The Hall–Kier alpha value is -3.22. The summed E-state index contributed by atoms with van der Waals surface area (Å²) < 4.78 is 0. The lowest BCUT2D eigenvalue weighted by atomic mass is 9.86. The molecule has 0 aromatic rings. The van der Waals surface area contributed by atoms with Gasteiger partial charge in [-0.2, -0.15) is 21.0 Å². The molecule has 0 unspecified atom stereocenters. The minimum absolute atomic E-state index is 0.692. The van der Waals surface area contributed by atoms with Crippen molar-refractivity contribution < 1.29 is 9.59 Å². The summed E-state index contributed by atoms with van der Waals surface area (Å²) in [4.78, 5) is 22.9. The molecule has 0 bridgehead atoms. The molecule has 0 aromatic carbocycles. The van der Waals surface area contributed by atoms with Crippen molar-refractivity contribution in [1.29, 1.82) is 21.0 Å². The van der Waals surface area contributed by atoms with E-state index in [2.05, 4.69) is 0 Å². The van der Waals surface area contributed by atoms with Crippen molar-refractivity contribution >= 4 is 11.6 Å². The smallest absolute Gasteiger partial charge is 0.217 e. The second-order valence-corrected chi connectivity index (χ2v) is 2.61. The Bertz CT molecular complexity index is 528. The third kappa shape index (κ3) is 1.24. The normalized spacial score (nSPS) is 15.0. The van der Waals surface area contributed by atoms with Crippen LogP contribution in [0.2, 0.25) is 0 Å². The molecule has 0 atom stereocenters. The molecular formula is C10N4O2. The molecule has 72 valence electrons. The number of carbonyl (C=O) groups is 2. The van der Waals surface area contributed by atoms with E-state index in [0.29, 0.717) is 0 Å². The summed E-state index contributed by atoms with van der Waals surface area (Å²) in [7, 11) is 0. The Kier molecular flexibility index (Phi) is 2.63. The summed E-state index contributed by atoms with van der Waals surface area (Å²) in [6.07, 6.45) is 0. The van der Waals surface area contributed by atoms with Gasteiger partial charge in [0.25, 0.3) is 0 Å². The number of rotatable bonds is 0. The highest BCUT2D eigenvalue weighted by molar-refractivity contribution is 6.30.